The van der Waals surface area contributed by atoms with Gasteiger partial charge in [0.15, 0.2) is 5.41 Å². The van der Waals surface area contributed by atoms with Crippen molar-refractivity contribution in [3.05, 3.63) is 52.7 Å². The van der Waals surface area contributed by atoms with E-state index in [0.717, 1.165) is 30.4 Å². The van der Waals surface area contributed by atoms with Crippen LogP contribution in [0.4, 0.5) is 0 Å². The molecule has 0 amide bonds. The summed E-state index contributed by atoms with van der Waals surface area (Å²) in [6, 6.07) is 13.9. The lowest BCUT2D eigenvalue weighted by Gasteiger charge is -2.43. The normalized spacial score (nSPS) is 23.7. The van der Waals surface area contributed by atoms with Crippen molar-refractivity contribution in [1.82, 2.24) is 0 Å². The second kappa shape index (κ2) is 6.95. The van der Waals surface area contributed by atoms with Gasteiger partial charge in [-0.05, 0) is 43.7 Å². The molecule has 0 aromatic heterocycles. The van der Waals surface area contributed by atoms with Crippen LogP contribution in [0.2, 0.25) is 0 Å². The summed E-state index contributed by atoms with van der Waals surface area (Å²) in [5, 5.41) is 29.7. The lowest BCUT2D eigenvalue weighted by molar-refractivity contribution is 0.291. The van der Waals surface area contributed by atoms with Gasteiger partial charge in [0.05, 0.1) is 30.0 Å². The Kier molecular flexibility index (Phi) is 4.70. The van der Waals surface area contributed by atoms with Gasteiger partial charge in [0.2, 0.25) is 0 Å². The average molecular weight is 344 g/mol. The third-order valence-electron chi connectivity index (χ3n) is 5.35. The molecule has 26 heavy (non-hydrogen) atoms. The summed E-state index contributed by atoms with van der Waals surface area (Å²) in [6.07, 6.45) is 4.66. The first-order valence-electron chi connectivity index (χ1n) is 8.79. The number of ether oxygens (including phenoxy) is 1. The summed E-state index contributed by atoms with van der Waals surface area (Å²) in [6.45, 7) is 2.38. The zero-order valence-electron chi connectivity index (χ0n) is 14.7. The summed E-state index contributed by atoms with van der Waals surface area (Å²) >= 11 is 0. The van der Waals surface area contributed by atoms with Crippen LogP contribution in [-0.4, -0.2) is 6.61 Å². The van der Waals surface area contributed by atoms with Gasteiger partial charge in [-0.25, -0.2) is 0 Å². The minimum Gasteiger partial charge on any atom is -0.494 e. The van der Waals surface area contributed by atoms with E-state index in [2.05, 4.69) is 18.2 Å². The molecule has 2 atom stereocenters. The highest BCUT2D eigenvalue weighted by Crippen LogP contribution is 2.57. The molecule has 0 unspecified atom stereocenters. The van der Waals surface area contributed by atoms with Crippen LogP contribution in [0.5, 0.6) is 5.75 Å². The monoisotopic (exact) mass is 344 g/mol. The van der Waals surface area contributed by atoms with Gasteiger partial charge in [0.1, 0.15) is 11.8 Å². The zero-order chi connectivity index (χ0) is 18.7. The number of para-hydroxylation sites is 1. The number of fused-ring (bicyclic) bond motifs is 1. The van der Waals surface area contributed by atoms with Crippen LogP contribution in [0.1, 0.15) is 37.7 Å². The van der Waals surface area contributed by atoms with Crippen LogP contribution in [0.15, 0.2) is 47.2 Å². The molecule has 130 valence electrons. The summed E-state index contributed by atoms with van der Waals surface area (Å²) in [7, 11) is 0. The van der Waals surface area contributed by atoms with Crippen LogP contribution < -0.4 is 10.5 Å². The second-order valence-corrected chi connectivity index (χ2v) is 6.58. The number of rotatable bonds is 3. The lowest BCUT2D eigenvalue weighted by atomic mass is 9.56. The van der Waals surface area contributed by atoms with Crippen molar-refractivity contribution in [2.75, 3.05) is 6.61 Å². The molecule has 0 bridgehead atoms. The average Bonchev–Trinajstić information content (AvgIpc) is 2.68. The molecule has 2 aliphatic carbocycles. The largest absolute Gasteiger partial charge is 0.494 e. The van der Waals surface area contributed by atoms with Crippen molar-refractivity contribution >= 4 is 0 Å². The van der Waals surface area contributed by atoms with Gasteiger partial charge in [0.25, 0.3) is 0 Å². The van der Waals surface area contributed by atoms with Gasteiger partial charge in [-0.15, -0.1) is 0 Å². The summed E-state index contributed by atoms with van der Waals surface area (Å²) in [5.74, 6) is 0.0866. The molecular weight excluding hydrogens is 324 g/mol. The zero-order valence-corrected chi connectivity index (χ0v) is 14.7. The van der Waals surface area contributed by atoms with Crippen molar-refractivity contribution in [1.29, 1.82) is 15.8 Å². The molecule has 3 rings (SSSR count). The fourth-order valence-corrected chi connectivity index (χ4v) is 4.24. The van der Waals surface area contributed by atoms with Crippen LogP contribution in [-0.2, 0) is 0 Å². The van der Waals surface area contributed by atoms with Crippen molar-refractivity contribution in [2.24, 2.45) is 17.1 Å². The van der Waals surface area contributed by atoms with Crippen molar-refractivity contribution in [3.63, 3.8) is 0 Å². The van der Waals surface area contributed by atoms with Crippen molar-refractivity contribution in [3.8, 4) is 24.0 Å². The molecule has 0 fully saturated rings. The quantitative estimate of drug-likeness (QED) is 0.900. The van der Waals surface area contributed by atoms with E-state index < -0.39 is 11.3 Å². The predicted molar refractivity (Wildman–Crippen MR) is 96.3 cm³/mol. The molecular formula is C21H20N4O. The van der Waals surface area contributed by atoms with Gasteiger partial charge in [-0.2, -0.15) is 15.8 Å². The van der Waals surface area contributed by atoms with E-state index >= 15 is 0 Å². The SMILES string of the molecule is CCOc1ccccc1[C@@H]1[C@H]2CCCC=C2C(C#N)=C(N)C1(C#N)C#N. The first-order chi connectivity index (χ1) is 12.6. The molecule has 2 N–H and O–H groups in total. The fraction of sp³-hybridized carbons (Fsp3) is 0.381. The predicted octanol–water partition coefficient (Wildman–Crippen LogP) is 3.68. The number of nitrogens with zero attached hydrogens (tertiary/aromatic N) is 3. The Bertz CT molecular complexity index is 893. The maximum atomic E-state index is 10.0. The van der Waals surface area contributed by atoms with E-state index in [1.807, 2.05) is 37.3 Å². The van der Waals surface area contributed by atoms with Crippen LogP contribution >= 0.6 is 0 Å². The van der Waals surface area contributed by atoms with Crippen molar-refractivity contribution < 1.29 is 4.74 Å². The first kappa shape index (κ1) is 17.6. The summed E-state index contributed by atoms with van der Waals surface area (Å²) in [5.41, 5.74) is 6.72. The Morgan fingerprint density at radius 1 is 1.23 bits per heavy atom. The van der Waals surface area contributed by atoms with Crippen LogP contribution in [0, 0.1) is 45.3 Å². The van der Waals surface area contributed by atoms with E-state index in [-0.39, 0.29) is 11.6 Å². The molecule has 2 aliphatic rings. The van der Waals surface area contributed by atoms with Crippen molar-refractivity contribution in [2.45, 2.75) is 32.1 Å². The smallest absolute Gasteiger partial charge is 0.191 e. The third kappa shape index (κ3) is 2.43. The number of hydrogen-bond acceptors (Lipinski definition) is 5. The van der Waals surface area contributed by atoms with Gasteiger partial charge < -0.3 is 10.5 Å². The molecule has 5 heteroatoms. The van der Waals surface area contributed by atoms with E-state index in [9.17, 15) is 15.8 Å². The number of benzene rings is 1. The Labute approximate surface area is 153 Å². The molecule has 0 saturated heterocycles. The van der Waals surface area contributed by atoms with Gasteiger partial charge in [-0.1, -0.05) is 24.3 Å². The molecule has 0 radical (unpaired) electrons. The topological polar surface area (TPSA) is 107 Å². The standard InChI is InChI=1S/C21H20N4O/c1-2-26-18-10-6-5-9-16(18)19-15-8-4-3-7-14(15)17(11-22)20(25)21(19,12-23)13-24/h5-7,9-10,15,19H,2-4,8,25H2,1H3/t15-,19-/m0/s1. The van der Waals surface area contributed by atoms with Crippen LogP contribution in [0.3, 0.4) is 0 Å². The number of nitrogens with two attached hydrogens (primary N) is 1. The maximum absolute atomic E-state index is 10.0. The summed E-state index contributed by atoms with van der Waals surface area (Å²) < 4.78 is 5.78. The molecule has 0 aliphatic heterocycles. The molecule has 0 heterocycles. The molecule has 0 spiro atoms. The number of hydrogen-bond donors (Lipinski definition) is 1. The minimum atomic E-state index is -1.59. The highest BCUT2D eigenvalue weighted by atomic mass is 16.5. The Morgan fingerprint density at radius 3 is 2.62 bits per heavy atom. The first-order valence-corrected chi connectivity index (χ1v) is 8.79. The Hall–Kier alpha value is -3.23. The second-order valence-electron chi connectivity index (χ2n) is 6.58. The van der Waals surface area contributed by atoms with Gasteiger partial charge in [0, 0.05) is 11.5 Å². The van der Waals surface area contributed by atoms with E-state index in [0.29, 0.717) is 17.9 Å². The van der Waals surface area contributed by atoms with Gasteiger partial charge in [-0.3, -0.25) is 0 Å². The lowest BCUT2D eigenvalue weighted by Crippen LogP contribution is -2.42. The van der Waals surface area contributed by atoms with Gasteiger partial charge >= 0.3 is 0 Å². The van der Waals surface area contributed by atoms with Crippen LogP contribution in [0.25, 0.3) is 0 Å². The third-order valence-corrected chi connectivity index (χ3v) is 5.35. The highest BCUT2D eigenvalue weighted by molar-refractivity contribution is 5.60. The molecule has 5 nitrogen and oxygen atoms in total. The van der Waals surface area contributed by atoms with E-state index in [4.69, 9.17) is 10.5 Å². The fourth-order valence-electron chi connectivity index (χ4n) is 4.24. The maximum Gasteiger partial charge on any atom is 0.191 e. The van der Waals surface area contributed by atoms with E-state index in [1.54, 1.807) is 0 Å². The molecule has 1 aromatic rings. The molecule has 0 saturated carbocycles. The minimum absolute atomic E-state index is 0.0608. The van der Waals surface area contributed by atoms with E-state index in [1.165, 1.54) is 0 Å². The summed E-state index contributed by atoms with van der Waals surface area (Å²) in [4.78, 5) is 0. The number of allylic oxidation sites excluding steroid dienone is 4. The highest BCUT2D eigenvalue weighted by Gasteiger charge is 2.54. The number of nitriles is 3. The molecule has 1 aromatic carbocycles. The Balaban J connectivity index is 2.33. The Morgan fingerprint density at radius 2 is 1.96 bits per heavy atom.